The number of hydrogen-bond acceptors (Lipinski definition) is 6. The van der Waals surface area contributed by atoms with Crippen LogP contribution in [0.3, 0.4) is 0 Å². The number of ether oxygens (including phenoxy) is 1. The summed E-state index contributed by atoms with van der Waals surface area (Å²) in [6, 6.07) is 14.4. The highest BCUT2D eigenvalue weighted by Gasteiger charge is 2.22. The van der Waals surface area contributed by atoms with Crippen molar-refractivity contribution in [3.05, 3.63) is 70.1 Å². The highest BCUT2D eigenvalue weighted by atomic mass is 32.2. The molecule has 4 rings (SSSR count). The number of nitrogens with zero attached hydrogens (tertiary/aromatic N) is 1. The van der Waals surface area contributed by atoms with E-state index in [1.54, 1.807) is 24.3 Å². The van der Waals surface area contributed by atoms with Crippen LogP contribution in [0.5, 0.6) is 5.75 Å². The summed E-state index contributed by atoms with van der Waals surface area (Å²) >= 11 is 1.47. The van der Waals surface area contributed by atoms with Crippen molar-refractivity contribution in [3.8, 4) is 11.8 Å². The summed E-state index contributed by atoms with van der Waals surface area (Å²) in [6.07, 6.45) is 3.96. The van der Waals surface area contributed by atoms with Gasteiger partial charge in [-0.25, -0.2) is 8.42 Å². The maximum atomic E-state index is 12.7. The molecule has 1 amide bonds. The van der Waals surface area contributed by atoms with Crippen LogP contribution in [-0.4, -0.2) is 21.4 Å². The number of amides is 1. The molecule has 164 valence electrons. The first-order valence-corrected chi connectivity index (χ1v) is 12.3. The molecule has 0 aliphatic heterocycles. The number of hydrogen-bond donors (Lipinski definition) is 2. The van der Waals surface area contributed by atoms with E-state index in [-0.39, 0.29) is 10.8 Å². The molecule has 7 nitrogen and oxygen atoms in total. The summed E-state index contributed by atoms with van der Waals surface area (Å²) < 4.78 is 32.7. The third-order valence-corrected chi connectivity index (χ3v) is 7.88. The zero-order chi connectivity index (χ0) is 22.7. The van der Waals surface area contributed by atoms with Gasteiger partial charge in [-0.05, 0) is 79.8 Å². The summed E-state index contributed by atoms with van der Waals surface area (Å²) in [7, 11) is -2.26. The number of carbonyl (C=O) groups is 1. The summed E-state index contributed by atoms with van der Waals surface area (Å²) in [5.74, 6) is 0.218. The average Bonchev–Trinajstić information content (AvgIpc) is 3.16. The summed E-state index contributed by atoms with van der Waals surface area (Å²) in [6.45, 7) is 0. The molecule has 0 unspecified atom stereocenters. The van der Waals surface area contributed by atoms with Gasteiger partial charge in [0, 0.05) is 16.1 Å². The summed E-state index contributed by atoms with van der Waals surface area (Å²) in [5, 5.41) is 13.0. The number of fused-ring (bicyclic) bond motifs is 1. The number of thiophene rings is 1. The fourth-order valence-electron chi connectivity index (χ4n) is 3.61. The topological polar surface area (TPSA) is 108 Å². The molecule has 3 aromatic rings. The molecule has 0 fully saturated rings. The molecule has 0 radical (unpaired) electrons. The van der Waals surface area contributed by atoms with Crippen molar-refractivity contribution < 1.29 is 17.9 Å². The van der Waals surface area contributed by atoms with Gasteiger partial charge in [0.25, 0.3) is 15.9 Å². The molecular weight excluding hydrogens is 446 g/mol. The van der Waals surface area contributed by atoms with E-state index in [4.69, 9.17) is 4.74 Å². The lowest BCUT2D eigenvalue weighted by atomic mass is 9.96. The molecular formula is C23H21N3O4S2. The van der Waals surface area contributed by atoms with Crippen molar-refractivity contribution in [2.45, 2.75) is 30.6 Å². The molecule has 32 heavy (non-hydrogen) atoms. The van der Waals surface area contributed by atoms with Crippen molar-refractivity contribution in [1.29, 1.82) is 5.26 Å². The molecule has 9 heteroatoms. The fraction of sp³-hybridized carbons (Fsp3) is 0.217. The van der Waals surface area contributed by atoms with E-state index in [9.17, 15) is 18.5 Å². The van der Waals surface area contributed by atoms with Crippen molar-refractivity contribution in [2.24, 2.45) is 0 Å². The minimum Gasteiger partial charge on any atom is -0.497 e. The number of aryl methyl sites for hydroxylation is 1. The van der Waals surface area contributed by atoms with Crippen molar-refractivity contribution in [1.82, 2.24) is 0 Å². The number of anilines is 2. The lowest BCUT2D eigenvalue weighted by Crippen LogP contribution is -2.14. The van der Waals surface area contributed by atoms with E-state index in [0.29, 0.717) is 27.6 Å². The predicted octanol–water partition coefficient (Wildman–Crippen LogP) is 4.56. The normalized spacial score (nSPS) is 13.0. The van der Waals surface area contributed by atoms with Gasteiger partial charge in [-0.3, -0.25) is 9.52 Å². The molecule has 2 N–H and O–H groups in total. The Morgan fingerprint density at radius 2 is 1.75 bits per heavy atom. The molecule has 0 saturated heterocycles. The molecule has 1 heterocycles. The van der Waals surface area contributed by atoms with Gasteiger partial charge < -0.3 is 10.1 Å². The molecule has 1 aliphatic carbocycles. The van der Waals surface area contributed by atoms with Gasteiger partial charge >= 0.3 is 0 Å². The second-order valence-corrected chi connectivity index (χ2v) is 10.1. The van der Waals surface area contributed by atoms with Crippen molar-refractivity contribution >= 4 is 38.0 Å². The van der Waals surface area contributed by atoms with E-state index < -0.39 is 10.0 Å². The number of rotatable bonds is 6. The molecule has 0 atom stereocenters. The molecule has 1 aliphatic rings. The predicted molar refractivity (Wildman–Crippen MR) is 124 cm³/mol. The van der Waals surface area contributed by atoms with E-state index >= 15 is 0 Å². The van der Waals surface area contributed by atoms with Crippen LogP contribution in [0.2, 0.25) is 0 Å². The standard InChI is InChI=1S/C23H21N3O4S2/c1-30-17-10-12-18(13-11-17)32(28,29)26-16-8-6-15(7-9-16)22(27)25-23-20(14-24)19-4-2-3-5-21(19)31-23/h6-13,26H,2-5H2,1H3,(H,25,27). The van der Waals surface area contributed by atoms with Crippen LogP contribution in [-0.2, 0) is 22.9 Å². The van der Waals surface area contributed by atoms with Crippen LogP contribution in [0.15, 0.2) is 53.4 Å². The SMILES string of the molecule is COc1ccc(S(=O)(=O)Nc2ccc(C(=O)Nc3sc4c(c3C#N)CCCC4)cc2)cc1. The lowest BCUT2D eigenvalue weighted by Gasteiger charge is -2.10. The fourth-order valence-corrected chi connectivity index (χ4v) is 5.90. The third kappa shape index (κ3) is 4.47. The van der Waals surface area contributed by atoms with E-state index in [0.717, 1.165) is 31.2 Å². The zero-order valence-electron chi connectivity index (χ0n) is 17.3. The average molecular weight is 468 g/mol. The third-order valence-electron chi connectivity index (χ3n) is 5.28. The Morgan fingerprint density at radius 1 is 1.06 bits per heavy atom. The van der Waals surface area contributed by atoms with Gasteiger partial charge in [0.15, 0.2) is 0 Å². The Bertz CT molecular complexity index is 1290. The summed E-state index contributed by atoms with van der Waals surface area (Å²) in [4.78, 5) is 14.0. The Morgan fingerprint density at radius 3 is 2.41 bits per heavy atom. The molecule has 1 aromatic heterocycles. The maximum Gasteiger partial charge on any atom is 0.261 e. The van der Waals surface area contributed by atoms with Crippen molar-refractivity contribution in [2.75, 3.05) is 17.1 Å². The second kappa shape index (κ2) is 9.02. The Hall–Kier alpha value is -3.35. The quantitative estimate of drug-likeness (QED) is 0.552. The second-order valence-electron chi connectivity index (χ2n) is 7.34. The minimum absolute atomic E-state index is 0.103. The number of nitrogens with one attached hydrogen (secondary N) is 2. The number of sulfonamides is 1. The number of benzene rings is 2. The number of methoxy groups -OCH3 is 1. The van der Waals surface area contributed by atoms with E-state index in [1.165, 1.54) is 47.6 Å². The first kappa shape index (κ1) is 21.9. The van der Waals surface area contributed by atoms with Gasteiger partial charge in [0.2, 0.25) is 0 Å². The smallest absolute Gasteiger partial charge is 0.261 e. The van der Waals surface area contributed by atoms with Crippen LogP contribution < -0.4 is 14.8 Å². The maximum absolute atomic E-state index is 12.7. The first-order valence-electron chi connectivity index (χ1n) is 10.0. The van der Waals surface area contributed by atoms with Gasteiger partial charge in [-0.15, -0.1) is 11.3 Å². The van der Waals surface area contributed by atoms with Gasteiger partial charge in [0.05, 0.1) is 17.6 Å². The van der Waals surface area contributed by atoms with Crippen LogP contribution >= 0.6 is 11.3 Å². The highest BCUT2D eigenvalue weighted by Crippen LogP contribution is 2.37. The number of carbonyl (C=O) groups excluding carboxylic acids is 1. The zero-order valence-corrected chi connectivity index (χ0v) is 19.0. The highest BCUT2D eigenvalue weighted by molar-refractivity contribution is 7.92. The molecule has 0 saturated carbocycles. The minimum atomic E-state index is -3.77. The molecule has 0 spiro atoms. The first-order chi connectivity index (χ1) is 15.4. The Labute approximate surface area is 190 Å². The van der Waals surface area contributed by atoms with Gasteiger partial charge in [-0.2, -0.15) is 5.26 Å². The van der Waals surface area contributed by atoms with Gasteiger partial charge in [-0.1, -0.05) is 0 Å². The lowest BCUT2D eigenvalue weighted by molar-refractivity contribution is 0.102. The van der Waals surface area contributed by atoms with Crippen LogP contribution in [0.25, 0.3) is 0 Å². The van der Waals surface area contributed by atoms with Crippen LogP contribution in [0.1, 0.15) is 39.2 Å². The van der Waals surface area contributed by atoms with Crippen molar-refractivity contribution in [3.63, 3.8) is 0 Å². The number of nitriles is 1. The van der Waals surface area contributed by atoms with E-state index in [2.05, 4.69) is 16.1 Å². The molecule has 2 aromatic carbocycles. The van der Waals surface area contributed by atoms with Gasteiger partial charge in [0.1, 0.15) is 16.8 Å². The largest absolute Gasteiger partial charge is 0.497 e. The van der Waals surface area contributed by atoms with Crippen LogP contribution in [0, 0.1) is 11.3 Å². The van der Waals surface area contributed by atoms with Crippen LogP contribution in [0.4, 0.5) is 10.7 Å². The Balaban J connectivity index is 1.47. The Kier molecular flexibility index (Phi) is 6.17. The summed E-state index contributed by atoms with van der Waals surface area (Å²) in [5.41, 5.74) is 2.32. The monoisotopic (exact) mass is 467 g/mol. The molecule has 0 bridgehead atoms. The van der Waals surface area contributed by atoms with E-state index in [1.807, 2.05) is 0 Å².